The van der Waals surface area contributed by atoms with Crippen molar-refractivity contribution < 1.29 is 17.9 Å². The van der Waals surface area contributed by atoms with Gasteiger partial charge in [-0.15, -0.1) is 0 Å². The standard InChI is InChI=1S/C18H23NO4S/c1-4-24(21,22)13-14(2)19(3)18(20)12-23-17-10-9-15-7-5-6-8-16(15)11-17/h5-11,14H,4,12-13H2,1-3H3. The van der Waals surface area contributed by atoms with Gasteiger partial charge in [0.25, 0.3) is 5.91 Å². The largest absolute Gasteiger partial charge is 0.484 e. The van der Waals surface area contributed by atoms with Crippen LogP contribution in [0, 0.1) is 0 Å². The first-order valence-electron chi connectivity index (χ1n) is 7.90. The molecule has 0 radical (unpaired) electrons. The molecule has 0 heterocycles. The number of rotatable bonds is 7. The molecule has 0 aromatic heterocycles. The predicted molar refractivity (Wildman–Crippen MR) is 96.0 cm³/mol. The Morgan fingerprint density at radius 2 is 1.83 bits per heavy atom. The van der Waals surface area contributed by atoms with Crippen molar-refractivity contribution in [2.24, 2.45) is 0 Å². The highest BCUT2D eigenvalue weighted by Gasteiger charge is 2.21. The van der Waals surface area contributed by atoms with Crippen molar-refractivity contribution in [1.82, 2.24) is 4.90 Å². The Morgan fingerprint density at radius 1 is 1.17 bits per heavy atom. The summed E-state index contributed by atoms with van der Waals surface area (Å²) in [5, 5.41) is 2.14. The van der Waals surface area contributed by atoms with Crippen LogP contribution in [0.1, 0.15) is 13.8 Å². The number of ether oxygens (including phenoxy) is 1. The number of fused-ring (bicyclic) bond motifs is 1. The molecule has 1 unspecified atom stereocenters. The molecule has 0 N–H and O–H groups in total. The first-order chi connectivity index (χ1) is 11.3. The maximum atomic E-state index is 12.2. The van der Waals surface area contributed by atoms with Crippen LogP contribution in [0.15, 0.2) is 42.5 Å². The van der Waals surface area contributed by atoms with E-state index < -0.39 is 9.84 Å². The third-order valence-electron chi connectivity index (χ3n) is 4.07. The Bertz CT molecular complexity index is 817. The number of likely N-dealkylation sites (N-methyl/N-ethyl adjacent to an activating group) is 1. The summed E-state index contributed by atoms with van der Waals surface area (Å²) in [4.78, 5) is 13.6. The van der Waals surface area contributed by atoms with Crippen molar-refractivity contribution >= 4 is 26.5 Å². The summed E-state index contributed by atoms with van der Waals surface area (Å²) in [6, 6.07) is 13.2. The molecule has 0 aliphatic rings. The van der Waals surface area contributed by atoms with E-state index in [0.717, 1.165) is 10.8 Å². The van der Waals surface area contributed by atoms with E-state index in [9.17, 15) is 13.2 Å². The Hall–Kier alpha value is -2.08. The van der Waals surface area contributed by atoms with Gasteiger partial charge < -0.3 is 9.64 Å². The highest BCUT2D eigenvalue weighted by Crippen LogP contribution is 2.20. The number of hydrogen-bond acceptors (Lipinski definition) is 4. The van der Waals surface area contributed by atoms with E-state index in [0.29, 0.717) is 5.75 Å². The maximum absolute atomic E-state index is 12.2. The van der Waals surface area contributed by atoms with Crippen molar-refractivity contribution in [2.45, 2.75) is 19.9 Å². The van der Waals surface area contributed by atoms with Gasteiger partial charge in [0, 0.05) is 18.8 Å². The highest BCUT2D eigenvalue weighted by atomic mass is 32.2. The fraction of sp³-hybridized carbons (Fsp3) is 0.389. The van der Waals surface area contributed by atoms with Gasteiger partial charge in [-0.1, -0.05) is 37.3 Å². The van der Waals surface area contributed by atoms with Crippen molar-refractivity contribution in [3.8, 4) is 5.75 Å². The van der Waals surface area contributed by atoms with E-state index in [1.807, 2.05) is 42.5 Å². The van der Waals surface area contributed by atoms with Crippen LogP contribution in [-0.2, 0) is 14.6 Å². The molecular weight excluding hydrogens is 326 g/mol. The Morgan fingerprint density at radius 3 is 2.50 bits per heavy atom. The van der Waals surface area contributed by atoms with Crippen molar-refractivity contribution in [3.05, 3.63) is 42.5 Å². The molecule has 24 heavy (non-hydrogen) atoms. The average Bonchev–Trinajstić information content (AvgIpc) is 2.58. The molecule has 2 rings (SSSR count). The van der Waals surface area contributed by atoms with Crippen LogP contribution in [-0.4, -0.2) is 50.4 Å². The second-order valence-corrected chi connectivity index (χ2v) is 8.25. The van der Waals surface area contributed by atoms with E-state index in [1.54, 1.807) is 20.9 Å². The molecule has 130 valence electrons. The number of carbonyl (C=O) groups is 1. The lowest BCUT2D eigenvalue weighted by atomic mass is 10.1. The molecule has 5 nitrogen and oxygen atoms in total. The molecule has 0 fully saturated rings. The van der Waals surface area contributed by atoms with Gasteiger partial charge in [0.05, 0.1) is 5.75 Å². The number of hydrogen-bond donors (Lipinski definition) is 0. The third kappa shape index (κ3) is 4.71. The van der Waals surface area contributed by atoms with Crippen molar-refractivity contribution in [2.75, 3.05) is 25.2 Å². The zero-order chi connectivity index (χ0) is 17.7. The van der Waals surface area contributed by atoms with E-state index in [1.165, 1.54) is 4.90 Å². The summed E-state index contributed by atoms with van der Waals surface area (Å²) in [7, 11) is -1.52. The fourth-order valence-corrected chi connectivity index (χ4v) is 3.54. The van der Waals surface area contributed by atoms with Crippen LogP contribution in [0.2, 0.25) is 0 Å². The molecule has 6 heteroatoms. The Labute approximate surface area is 143 Å². The maximum Gasteiger partial charge on any atom is 0.260 e. The molecule has 1 atom stereocenters. The molecule has 0 saturated heterocycles. The lowest BCUT2D eigenvalue weighted by Crippen LogP contribution is -2.42. The first kappa shape index (κ1) is 18.3. The van der Waals surface area contributed by atoms with E-state index in [-0.39, 0.29) is 30.1 Å². The first-order valence-corrected chi connectivity index (χ1v) is 9.72. The zero-order valence-electron chi connectivity index (χ0n) is 14.2. The van der Waals surface area contributed by atoms with Crippen molar-refractivity contribution in [1.29, 1.82) is 0 Å². The van der Waals surface area contributed by atoms with Gasteiger partial charge in [-0.05, 0) is 29.8 Å². The number of amides is 1. The van der Waals surface area contributed by atoms with Gasteiger partial charge in [-0.2, -0.15) is 0 Å². The van der Waals surface area contributed by atoms with Gasteiger partial charge in [0.2, 0.25) is 0 Å². The van der Waals surface area contributed by atoms with Gasteiger partial charge in [-0.3, -0.25) is 4.79 Å². The zero-order valence-corrected chi connectivity index (χ0v) is 15.0. The summed E-state index contributed by atoms with van der Waals surface area (Å²) >= 11 is 0. The topological polar surface area (TPSA) is 63.7 Å². The summed E-state index contributed by atoms with van der Waals surface area (Å²) in [6.45, 7) is 3.21. The van der Waals surface area contributed by atoms with Crippen LogP contribution >= 0.6 is 0 Å². The minimum atomic E-state index is -3.12. The Balaban J connectivity index is 1.95. The normalized spacial score (nSPS) is 12.8. The van der Waals surface area contributed by atoms with E-state index in [4.69, 9.17) is 4.74 Å². The lowest BCUT2D eigenvalue weighted by Gasteiger charge is -2.24. The van der Waals surface area contributed by atoms with Crippen LogP contribution < -0.4 is 4.74 Å². The summed E-state index contributed by atoms with van der Waals surface area (Å²) in [6.07, 6.45) is 0. The van der Waals surface area contributed by atoms with Gasteiger partial charge in [0.1, 0.15) is 5.75 Å². The Kier molecular flexibility index (Phi) is 5.83. The van der Waals surface area contributed by atoms with Gasteiger partial charge in [-0.25, -0.2) is 8.42 Å². The van der Waals surface area contributed by atoms with E-state index >= 15 is 0 Å². The molecule has 1 amide bonds. The molecule has 0 saturated carbocycles. The monoisotopic (exact) mass is 349 g/mol. The number of benzene rings is 2. The summed E-state index contributed by atoms with van der Waals surface area (Å²) in [5.41, 5.74) is 0. The minimum Gasteiger partial charge on any atom is -0.484 e. The molecule has 0 spiro atoms. The minimum absolute atomic E-state index is 0.0400. The number of carbonyl (C=O) groups excluding carboxylic acids is 1. The summed E-state index contributed by atoms with van der Waals surface area (Å²) < 4.78 is 28.9. The second-order valence-electron chi connectivity index (χ2n) is 5.85. The van der Waals surface area contributed by atoms with Crippen molar-refractivity contribution in [3.63, 3.8) is 0 Å². The average molecular weight is 349 g/mol. The van der Waals surface area contributed by atoms with E-state index in [2.05, 4.69) is 0 Å². The number of nitrogens with zero attached hydrogens (tertiary/aromatic N) is 1. The van der Waals surface area contributed by atoms with Crippen LogP contribution in [0.3, 0.4) is 0 Å². The third-order valence-corrected chi connectivity index (χ3v) is 5.94. The van der Waals surface area contributed by atoms with Crippen LogP contribution in [0.5, 0.6) is 5.75 Å². The predicted octanol–water partition coefficient (Wildman–Crippen LogP) is 2.50. The number of sulfone groups is 1. The fourth-order valence-electron chi connectivity index (χ4n) is 2.35. The molecule has 2 aromatic rings. The molecule has 0 aliphatic heterocycles. The van der Waals surface area contributed by atoms with Gasteiger partial charge in [0.15, 0.2) is 16.4 Å². The van der Waals surface area contributed by atoms with Crippen LogP contribution in [0.4, 0.5) is 0 Å². The lowest BCUT2D eigenvalue weighted by molar-refractivity contribution is -0.133. The smallest absolute Gasteiger partial charge is 0.260 e. The quantitative estimate of drug-likeness (QED) is 0.770. The summed E-state index contributed by atoms with van der Waals surface area (Å²) in [5.74, 6) is 0.403. The van der Waals surface area contributed by atoms with Gasteiger partial charge >= 0.3 is 0 Å². The molecule has 2 aromatic carbocycles. The molecule has 0 aliphatic carbocycles. The second kappa shape index (κ2) is 7.66. The highest BCUT2D eigenvalue weighted by molar-refractivity contribution is 7.91. The van der Waals surface area contributed by atoms with Crippen LogP contribution in [0.25, 0.3) is 10.8 Å². The SMILES string of the molecule is CCS(=O)(=O)CC(C)N(C)C(=O)COc1ccc2ccccc2c1. The molecule has 0 bridgehead atoms. The molecular formula is C18H23NO4S.